The van der Waals surface area contributed by atoms with Crippen LogP contribution in [0.1, 0.15) is 16.9 Å². The molecule has 0 bridgehead atoms. The van der Waals surface area contributed by atoms with Crippen molar-refractivity contribution in [1.82, 2.24) is 9.97 Å². The highest BCUT2D eigenvalue weighted by Gasteiger charge is 2.10. The number of rotatable bonds is 4. The van der Waals surface area contributed by atoms with Gasteiger partial charge in [-0.05, 0) is 6.92 Å². The van der Waals surface area contributed by atoms with Gasteiger partial charge >= 0.3 is 0 Å². The summed E-state index contributed by atoms with van der Waals surface area (Å²) in [6.45, 7) is 2.61. The third-order valence-electron chi connectivity index (χ3n) is 1.69. The minimum absolute atomic E-state index is 0.653. The monoisotopic (exact) mass is 238 g/mol. The molecule has 0 atom stereocenters. The van der Waals surface area contributed by atoms with E-state index >= 15 is 0 Å². The maximum atomic E-state index is 5.31. The first-order valence-corrected chi connectivity index (χ1v) is 6.29. The second-order valence-corrected chi connectivity index (χ2v) is 4.45. The quantitative estimate of drug-likeness (QED) is 0.768. The van der Waals surface area contributed by atoms with Crippen molar-refractivity contribution < 1.29 is 4.74 Å². The van der Waals surface area contributed by atoms with Gasteiger partial charge in [0.2, 0.25) is 0 Å². The van der Waals surface area contributed by atoms with Gasteiger partial charge in [-0.15, -0.1) is 22.7 Å². The molecule has 0 spiro atoms. The van der Waals surface area contributed by atoms with Gasteiger partial charge in [-0.2, -0.15) is 0 Å². The molecule has 0 N–H and O–H groups in total. The van der Waals surface area contributed by atoms with Crippen LogP contribution in [0.2, 0.25) is 0 Å². The number of hydrogen-bond donors (Lipinski definition) is 0. The van der Waals surface area contributed by atoms with Crippen LogP contribution in [0.15, 0.2) is 29.4 Å². The highest BCUT2D eigenvalue weighted by atomic mass is 32.1. The lowest BCUT2D eigenvalue weighted by molar-refractivity contribution is 0.271. The highest BCUT2D eigenvalue weighted by molar-refractivity contribution is 7.13. The predicted octanol–water partition coefficient (Wildman–Crippen LogP) is 3.03. The zero-order valence-corrected chi connectivity index (χ0v) is 9.85. The smallest absolute Gasteiger partial charge is 0.129 e. The van der Waals surface area contributed by atoms with Gasteiger partial charge in [0.05, 0.1) is 18.4 Å². The summed E-state index contributed by atoms with van der Waals surface area (Å²) < 4.78 is 5.31. The van der Waals surface area contributed by atoms with Gasteiger partial charge in [0.15, 0.2) is 0 Å². The van der Waals surface area contributed by atoms with Crippen LogP contribution >= 0.6 is 22.7 Å². The molecule has 0 unspecified atom stereocenters. The molecule has 0 aliphatic carbocycles. The minimum Gasteiger partial charge on any atom is -0.501 e. The number of hydrogen-bond acceptors (Lipinski definition) is 5. The molecule has 0 aromatic carbocycles. The summed E-state index contributed by atoms with van der Waals surface area (Å²) in [5, 5.41) is 5.78. The first kappa shape index (κ1) is 10.3. The number of thiazole rings is 2. The molecule has 15 heavy (non-hydrogen) atoms. The SMILES string of the molecule is CCOC=C(c1nccs1)c1nccs1. The predicted molar refractivity (Wildman–Crippen MR) is 62.9 cm³/mol. The molecule has 0 aliphatic rings. The summed E-state index contributed by atoms with van der Waals surface area (Å²) >= 11 is 3.17. The average molecular weight is 238 g/mol. The third kappa shape index (κ3) is 2.43. The van der Waals surface area contributed by atoms with Crippen molar-refractivity contribution in [3.05, 3.63) is 39.4 Å². The molecule has 0 saturated carbocycles. The van der Waals surface area contributed by atoms with Crippen LogP contribution in [0.3, 0.4) is 0 Å². The summed E-state index contributed by atoms with van der Waals surface area (Å²) in [7, 11) is 0. The number of ether oxygens (including phenoxy) is 1. The second-order valence-electron chi connectivity index (χ2n) is 2.66. The van der Waals surface area contributed by atoms with Crippen LogP contribution < -0.4 is 0 Å². The van der Waals surface area contributed by atoms with Gasteiger partial charge in [-0.1, -0.05) is 0 Å². The van der Waals surface area contributed by atoms with Crippen LogP contribution in [0.25, 0.3) is 5.57 Å². The van der Waals surface area contributed by atoms with Gasteiger partial charge in [0, 0.05) is 23.2 Å². The summed E-state index contributed by atoms with van der Waals surface area (Å²) in [6, 6.07) is 0. The van der Waals surface area contributed by atoms with E-state index in [1.807, 2.05) is 17.7 Å². The Morgan fingerprint density at radius 1 is 1.27 bits per heavy atom. The Bertz CT molecular complexity index is 384. The molecule has 0 aliphatic heterocycles. The molecule has 78 valence electrons. The molecule has 0 amide bonds. The Balaban J connectivity index is 2.33. The van der Waals surface area contributed by atoms with Crippen LogP contribution in [0.4, 0.5) is 0 Å². The van der Waals surface area contributed by atoms with Gasteiger partial charge in [0.1, 0.15) is 10.0 Å². The van der Waals surface area contributed by atoms with Crippen molar-refractivity contribution >= 4 is 28.2 Å². The molecule has 2 rings (SSSR count). The van der Waals surface area contributed by atoms with E-state index in [2.05, 4.69) is 9.97 Å². The van der Waals surface area contributed by atoms with Crippen molar-refractivity contribution in [1.29, 1.82) is 0 Å². The third-order valence-corrected chi connectivity index (χ3v) is 3.31. The summed E-state index contributed by atoms with van der Waals surface area (Å²) in [5.74, 6) is 0. The highest BCUT2D eigenvalue weighted by Crippen LogP contribution is 2.26. The van der Waals surface area contributed by atoms with E-state index in [1.165, 1.54) is 0 Å². The van der Waals surface area contributed by atoms with E-state index in [4.69, 9.17) is 4.74 Å². The standard InChI is InChI=1S/C10H10N2OS2/c1-2-13-7-8(9-11-3-5-14-9)10-12-4-6-15-10/h3-7H,2H2,1H3. The normalized spacial score (nSPS) is 9.93. The molecule has 0 saturated heterocycles. The topological polar surface area (TPSA) is 35.0 Å². The van der Waals surface area contributed by atoms with E-state index < -0.39 is 0 Å². The fourth-order valence-corrected chi connectivity index (χ4v) is 2.42. The summed E-state index contributed by atoms with van der Waals surface area (Å²) in [4.78, 5) is 8.52. The minimum atomic E-state index is 0.653. The van der Waals surface area contributed by atoms with E-state index in [0.29, 0.717) is 6.61 Å². The second kappa shape index (κ2) is 5.04. The average Bonchev–Trinajstić information content (AvgIpc) is 2.90. The Morgan fingerprint density at radius 3 is 2.27 bits per heavy atom. The van der Waals surface area contributed by atoms with Crippen LogP contribution in [-0.4, -0.2) is 16.6 Å². The molecule has 5 heteroatoms. The van der Waals surface area contributed by atoms with E-state index in [9.17, 15) is 0 Å². The lowest BCUT2D eigenvalue weighted by atomic mass is 10.3. The maximum Gasteiger partial charge on any atom is 0.129 e. The summed E-state index contributed by atoms with van der Waals surface area (Å²) in [6.07, 6.45) is 5.30. The lowest BCUT2D eigenvalue weighted by Gasteiger charge is -2.00. The Hall–Kier alpha value is -1.20. The summed E-state index contributed by atoms with van der Waals surface area (Å²) in [5.41, 5.74) is 0.960. The zero-order valence-electron chi connectivity index (χ0n) is 8.21. The van der Waals surface area contributed by atoms with Crippen LogP contribution in [0, 0.1) is 0 Å². The molecular formula is C10H10N2OS2. The number of nitrogens with zero attached hydrogens (tertiary/aromatic N) is 2. The van der Waals surface area contributed by atoms with Gasteiger partial charge in [0.25, 0.3) is 0 Å². The maximum absolute atomic E-state index is 5.31. The fraction of sp³-hybridized carbons (Fsp3) is 0.200. The molecule has 3 nitrogen and oxygen atoms in total. The van der Waals surface area contributed by atoms with E-state index in [0.717, 1.165) is 15.6 Å². The molecule has 2 aromatic rings. The van der Waals surface area contributed by atoms with Crippen molar-refractivity contribution in [2.24, 2.45) is 0 Å². The largest absolute Gasteiger partial charge is 0.501 e. The Kier molecular flexibility index (Phi) is 3.47. The molecule has 0 fully saturated rings. The molecule has 2 heterocycles. The fourth-order valence-electron chi connectivity index (χ4n) is 1.07. The van der Waals surface area contributed by atoms with Crippen LogP contribution in [0.5, 0.6) is 0 Å². The Morgan fingerprint density at radius 2 is 1.87 bits per heavy atom. The van der Waals surface area contributed by atoms with Gasteiger partial charge in [-0.25, -0.2) is 9.97 Å². The van der Waals surface area contributed by atoms with Gasteiger partial charge in [-0.3, -0.25) is 0 Å². The number of aromatic nitrogens is 2. The van der Waals surface area contributed by atoms with Crippen molar-refractivity contribution in [3.8, 4) is 0 Å². The van der Waals surface area contributed by atoms with E-state index in [1.54, 1.807) is 41.3 Å². The molecular weight excluding hydrogens is 228 g/mol. The van der Waals surface area contributed by atoms with Gasteiger partial charge < -0.3 is 4.74 Å². The molecule has 0 radical (unpaired) electrons. The Labute approximate surface area is 96.1 Å². The zero-order chi connectivity index (χ0) is 10.5. The first-order chi connectivity index (χ1) is 7.42. The lowest BCUT2D eigenvalue weighted by Crippen LogP contribution is -1.88. The van der Waals surface area contributed by atoms with Crippen LogP contribution in [-0.2, 0) is 4.74 Å². The molecule has 2 aromatic heterocycles. The van der Waals surface area contributed by atoms with Crippen molar-refractivity contribution in [3.63, 3.8) is 0 Å². The first-order valence-electron chi connectivity index (χ1n) is 4.53. The van der Waals surface area contributed by atoms with E-state index in [-0.39, 0.29) is 0 Å². The van der Waals surface area contributed by atoms with Crippen molar-refractivity contribution in [2.75, 3.05) is 6.61 Å². The van der Waals surface area contributed by atoms with Crippen molar-refractivity contribution in [2.45, 2.75) is 6.92 Å².